The molecule has 1 amide bonds. The van der Waals surface area contributed by atoms with Crippen LogP contribution in [0.2, 0.25) is 0 Å². The maximum atomic E-state index is 12.5. The Bertz CT molecular complexity index is 529. The SMILES string of the molecule is Cn1ncc2c1CC(C(=O)NCC1(N)CCCCCC1)CC2. The number of aromatic nitrogens is 2. The second-order valence-corrected chi connectivity index (χ2v) is 7.17. The lowest BCUT2D eigenvalue weighted by Gasteiger charge is -2.30. The van der Waals surface area contributed by atoms with Crippen LogP contribution in [0, 0.1) is 5.92 Å². The lowest BCUT2D eigenvalue weighted by Crippen LogP contribution is -2.51. The van der Waals surface area contributed by atoms with Crippen molar-refractivity contribution in [2.45, 2.75) is 63.3 Å². The molecule has 0 aliphatic heterocycles. The van der Waals surface area contributed by atoms with Gasteiger partial charge in [-0.3, -0.25) is 9.48 Å². The summed E-state index contributed by atoms with van der Waals surface area (Å²) < 4.78 is 1.91. The van der Waals surface area contributed by atoms with Gasteiger partial charge in [0, 0.05) is 37.2 Å². The van der Waals surface area contributed by atoms with E-state index >= 15 is 0 Å². The number of hydrogen-bond acceptors (Lipinski definition) is 3. The van der Waals surface area contributed by atoms with Gasteiger partial charge in [0.1, 0.15) is 0 Å². The van der Waals surface area contributed by atoms with Gasteiger partial charge in [-0.25, -0.2) is 0 Å². The van der Waals surface area contributed by atoms with Crippen molar-refractivity contribution in [3.05, 3.63) is 17.5 Å². The van der Waals surface area contributed by atoms with E-state index in [0.29, 0.717) is 6.54 Å². The second kappa shape index (κ2) is 6.41. The van der Waals surface area contributed by atoms with Crippen LogP contribution in [0.4, 0.5) is 0 Å². The van der Waals surface area contributed by atoms with Gasteiger partial charge in [0.05, 0.1) is 6.20 Å². The van der Waals surface area contributed by atoms with E-state index in [2.05, 4.69) is 10.4 Å². The standard InChI is InChI=1S/C17H28N4O/c1-21-15-10-13(6-7-14(15)11-20-21)16(22)19-12-17(18)8-4-2-3-5-9-17/h11,13H,2-10,12,18H2,1H3,(H,19,22). The molecule has 1 heterocycles. The first-order valence-electron chi connectivity index (χ1n) is 8.64. The number of nitrogens with two attached hydrogens (primary N) is 1. The third-order valence-electron chi connectivity index (χ3n) is 5.43. The molecule has 1 saturated carbocycles. The Labute approximate surface area is 132 Å². The summed E-state index contributed by atoms with van der Waals surface area (Å²) in [4.78, 5) is 12.5. The summed E-state index contributed by atoms with van der Waals surface area (Å²) in [6.45, 7) is 0.626. The lowest BCUT2D eigenvalue weighted by molar-refractivity contribution is -0.125. The third kappa shape index (κ3) is 3.35. The number of fused-ring (bicyclic) bond motifs is 1. The molecule has 3 rings (SSSR count). The van der Waals surface area contributed by atoms with Crippen LogP contribution in [-0.4, -0.2) is 27.8 Å². The molecule has 0 bridgehead atoms. The number of nitrogens with one attached hydrogen (secondary N) is 1. The maximum Gasteiger partial charge on any atom is 0.223 e. The fraction of sp³-hybridized carbons (Fsp3) is 0.765. The minimum atomic E-state index is -0.196. The van der Waals surface area contributed by atoms with Crippen molar-refractivity contribution in [1.82, 2.24) is 15.1 Å². The van der Waals surface area contributed by atoms with Crippen molar-refractivity contribution in [1.29, 1.82) is 0 Å². The predicted molar refractivity (Wildman–Crippen MR) is 86.4 cm³/mol. The average Bonchev–Trinajstić information content (AvgIpc) is 2.75. The molecule has 3 N–H and O–H groups in total. The van der Waals surface area contributed by atoms with E-state index in [1.54, 1.807) is 0 Å². The van der Waals surface area contributed by atoms with Crippen molar-refractivity contribution < 1.29 is 4.79 Å². The summed E-state index contributed by atoms with van der Waals surface area (Å²) in [5.41, 5.74) is 8.80. The highest BCUT2D eigenvalue weighted by Gasteiger charge is 2.30. The van der Waals surface area contributed by atoms with E-state index in [9.17, 15) is 4.79 Å². The normalized spacial score (nSPS) is 24.4. The predicted octanol–water partition coefficient (Wildman–Crippen LogP) is 1.69. The van der Waals surface area contributed by atoms with E-state index in [1.165, 1.54) is 36.9 Å². The number of rotatable bonds is 3. The highest BCUT2D eigenvalue weighted by molar-refractivity contribution is 5.79. The Hall–Kier alpha value is -1.36. The van der Waals surface area contributed by atoms with Crippen LogP contribution in [0.1, 0.15) is 56.2 Å². The molecule has 1 fully saturated rings. The van der Waals surface area contributed by atoms with Gasteiger partial charge in [0.15, 0.2) is 0 Å². The minimum absolute atomic E-state index is 0.0669. The van der Waals surface area contributed by atoms with Gasteiger partial charge in [-0.2, -0.15) is 5.10 Å². The smallest absolute Gasteiger partial charge is 0.223 e. The molecule has 0 radical (unpaired) electrons. The number of nitrogens with zero attached hydrogens (tertiary/aromatic N) is 2. The summed E-state index contributed by atoms with van der Waals surface area (Å²) >= 11 is 0. The third-order valence-corrected chi connectivity index (χ3v) is 5.43. The Morgan fingerprint density at radius 3 is 2.86 bits per heavy atom. The number of carbonyl (C=O) groups excluding carboxylic acids is 1. The van der Waals surface area contributed by atoms with Crippen LogP contribution >= 0.6 is 0 Å². The molecule has 5 nitrogen and oxygen atoms in total. The molecule has 2 aliphatic rings. The highest BCUT2D eigenvalue weighted by atomic mass is 16.1. The molecule has 2 aliphatic carbocycles. The minimum Gasteiger partial charge on any atom is -0.354 e. The van der Waals surface area contributed by atoms with Gasteiger partial charge < -0.3 is 11.1 Å². The van der Waals surface area contributed by atoms with Crippen LogP contribution < -0.4 is 11.1 Å². The van der Waals surface area contributed by atoms with Crippen molar-refractivity contribution in [3.8, 4) is 0 Å². The zero-order valence-electron chi connectivity index (χ0n) is 13.6. The molecule has 1 aromatic rings. The fourth-order valence-electron chi connectivity index (χ4n) is 3.89. The molecule has 122 valence electrons. The van der Waals surface area contributed by atoms with Crippen LogP contribution in [-0.2, 0) is 24.7 Å². The van der Waals surface area contributed by atoms with Crippen LogP contribution in [0.5, 0.6) is 0 Å². The average molecular weight is 304 g/mol. The van der Waals surface area contributed by atoms with Crippen molar-refractivity contribution in [2.24, 2.45) is 18.7 Å². The first-order chi connectivity index (χ1) is 10.6. The number of aryl methyl sites for hydroxylation is 2. The Kier molecular flexibility index (Phi) is 4.52. The molecule has 5 heteroatoms. The molecular formula is C17H28N4O. The van der Waals surface area contributed by atoms with Gasteiger partial charge >= 0.3 is 0 Å². The van der Waals surface area contributed by atoms with Gasteiger partial charge in [-0.15, -0.1) is 0 Å². The zero-order valence-corrected chi connectivity index (χ0v) is 13.6. The van der Waals surface area contributed by atoms with E-state index < -0.39 is 0 Å². The molecule has 0 saturated heterocycles. The molecule has 1 atom stereocenters. The largest absolute Gasteiger partial charge is 0.354 e. The van der Waals surface area contributed by atoms with Gasteiger partial charge in [-0.1, -0.05) is 25.7 Å². The zero-order chi connectivity index (χ0) is 15.6. The second-order valence-electron chi connectivity index (χ2n) is 7.17. The van der Waals surface area contributed by atoms with E-state index in [-0.39, 0.29) is 17.4 Å². The Balaban J connectivity index is 1.55. The topological polar surface area (TPSA) is 72.9 Å². The highest BCUT2D eigenvalue weighted by Crippen LogP contribution is 2.26. The summed E-state index contributed by atoms with van der Waals surface area (Å²) in [5, 5.41) is 7.44. The number of hydrogen-bond donors (Lipinski definition) is 2. The van der Waals surface area contributed by atoms with Gasteiger partial charge in [-0.05, 0) is 31.2 Å². The van der Waals surface area contributed by atoms with Crippen LogP contribution in [0.15, 0.2) is 6.20 Å². The summed E-state index contributed by atoms with van der Waals surface area (Å²) in [7, 11) is 1.96. The quantitative estimate of drug-likeness (QED) is 0.835. The molecule has 0 aromatic carbocycles. The van der Waals surface area contributed by atoms with Crippen molar-refractivity contribution in [3.63, 3.8) is 0 Å². The first-order valence-corrected chi connectivity index (χ1v) is 8.64. The van der Waals surface area contributed by atoms with E-state index in [4.69, 9.17) is 5.73 Å². The molecule has 1 aromatic heterocycles. The fourth-order valence-corrected chi connectivity index (χ4v) is 3.89. The number of carbonyl (C=O) groups is 1. The maximum absolute atomic E-state index is 12.5. The summed E-state index contributed by atoms with van der Waals surface area (Å²) in [6.07, 6.45) is 11.6. The molecule has 0 spiro atoms. The van der Waals surface area contributed by atoms with Gasteiger partial charge in [0.2, 0.25) is 5.91 Å². The summed E-state index contributed by atoms with van der Waals surface area (Å²) in [6, 6.07) is 0. The molecular weight excluding hydrogens is 276 g/mol. The van der Waals surface area contributed by atoms with E-state index in [0.717, 1.165) is 32.1 Å². The Morgan fingerprint density at radius 2 is 2.14 bits per heavy atom. The lowest BCUT2D eigenvalue weighted by atomic mass is 9.86. The number of amides is 1. The van der Waals surface area contributed by atoms with Crippen LogP contribution in [0.3, 0.4) is 0 Å². The first kappa shape index (κ1) is 15.5. The summed E-state index contributed by atoms with van der Waals surface area (Å²) in [5.74, 6) is 0.234. The van der Waals surface area contributed by atoms with E-state index in [1.807, 2.05) is 17.9 Å². The van der Waals surface area contributed by atoms with Crippen molar-refractivity contribution in [2.75, 3.05) is 6.54 Å². The van der Waals surface area contributed by atoms with Crippen molar-refractivity contribution >= 4 is 5.91 Å². The van der Waals surface area contributed by atoms with Gasteiger partial charge in [0.25, 0.3) is 0 Å². The monoisotopic (exact) mass is 304 g/mol. The molecule has 1 unspecified atom stereocenters. The van der Waals surface area contributed by atoms with Crippen LogP contribution in [0.25, 0.3) is 0 Å². The Morgan fingerprint density at radius 1 is 1.41 bits per heavy atom. The molecule has 22 heavy (non-hydrogen) atoms.